The number of nitrogens with zero attached hydrogens (tertiary/aromatic N) is 2. The summed E-state index contributed by atoms with van der Waals surface area (Å²) in [5.74, 6) is 0. The summed E-state index contributed by atoms with van der Waals surface area (Å²) in [6.45, 7) is 0. The molecule has 0 fully saturated rings. The third kappa shape index (κ3) is 1.94. The second-order valence-electron chi connectivity index (χ2n) is 3.55. The highest BCUT2D eigenvalue weighted by Crippen LogP contribution is 2.15. The zero-order valence-electron chi connectivity index (χ0n) is 8.77. The maximum absolute atomic E-state index is 5.15. The Morgan fingerprint density at radius 1 is 1.20 bits per heavy atom. The highest BCUT2D eigenvalue weighted by molar-refractivity contribution is 7.71. The topological polar surface area (TPSA) is 24.0 Å². The first-order chi connectivity index (χ1) is 7.18. The van der Waals surface area contributed by atoms with Crippen molar-refractivity contribution in [2.45, 2.75) is 0 Å². The van der Waals surface area contributed by atoms with Gasteiger partial charge in [-0.2, -0.15) is 0 Å². The van der Waals surface area contributed by atoms with E-state index < -0.39 is 0 Å². The fraction of sp³-hybridized carbons (Fsp3) is 0.182. The summed E-state index contributed by atoms with van der Waals surface area (Å²) in [4.78, 5) is 5.04. The SMILES string of the molecule is CN(C)c1ccc(-n2cc[nH]c2=S)cc1. The van der Waals surface area contributed by atoms with E-state index in [-0.39, 0.29) is 0 Å². The van der Waals surface area contributed by atoms with Gasteiger partial charge in [0.05, 0.1) is 0 Å². The Kier molecular flexibility index (Phi) is 2.60. The zero-order valence-corrected chi connectivity index (χ0v) is 9.58. The Bertz CT molecular complexity index is 493. The number of nitrogens with one attached hydrogen (secondary N) is 1. The molecule has 4 heteroatoms. The van der Waals surface area contributed by atoms with Crippen molar-refractivity contribution < 1.29 is 0 Å². The van der Waals surface area contributed by atoms with Gasteiger partial charge in [-0.05, 0) is 36.5 Å². The van der Waals surface area contributed by atoms with Crippen LogP contribution in [0.1, 0.15) is 0 Å². The molecule has 0 unspecified atom stereocenters. The summed E-state index contributed by atoms with van der Waals surface area (Å²) in [7, 11) is 4.05. The average molecular weight is 219 g/mol. The molecule has 0 spiro atoms. The van der Waals surface area contributed by atoms with Crippen molar-refractivity contribution in [1.82, 2.24) is 9.55 Å². The van der Waals surface area contributed by atoms with Gasteiger partial charge in [0.2, 0.25) is 0 Å². The van der Waals surface area contributed by atoms with Crippen molar-refractivity contribution in [1.29, 1.82) is 0 Å². The third-order valence-corrected chi connectivity index (χ3v) is 2.61. The van der Waals surface area contributed by atoms with Crippen molar-refractivity contribution in [2.75, 3.05) is 19.0 Å². The molecule has 3 nitrogen and oxygen atoms in total. The molecular weight excluding hydrogens is 206 g/mol. The zero-order chi connectivity index (χ0) is 10.8. The molecule has 0 saturated heterocycles. The van der Waals surface area contributed by atoms with E-state index >= 15 is 0 Å². The van der Waals surface area contributed by atoms with E-state index in [1.807, 2.05) is 31.1 Å². The summed E-state index contributed by atoms with van der Waals surface area (Å²) in [6, 6.07) is 8.26. The van der Waals surface area contributed by atoms with E-state index in [1.165, 1.54) is 5.69 Å². The van der Waals surface area contributed by atoms with Gasteiger partial charge in [-0.3, -0.25) is 4.57 Å². The number of benzene rings is 1. The second-order valence-corrected chi connectivity index (χ2v) is 3.93. The molecule has 15 heavy (non-hydrogen) atoms. The Morgan fingerprint density at radius 3 is 2.33 bits per heavy atom. The number of aromatic amines is 1. The molecule has 2 rings (SSSR count). The molecule has 1 aromatic heterocycles. The highest BCUT2D eigenvalue weighted by atomic mass is 32.1. The standard InChI is InChI=1S/C11H13N3S/c1-13(2)9-3-5-10(6-4-9)14-8-7-12-11(14)15/h3-8H,1-2H3,(H,12,15). The van der Waals surface area contributed by atoms with E-state index in [0.717, 1.165) is 5.69 Å². The maximum Gasteiger partial charge on any atom is 0.181 e. The number of H-pyrrole nitrogens is 1. The lowest BCUT2D eigenvalue weighted by molar-refractivity contribution is 1.03. The van der Waals surface area contributed by atoms with Gasteiger partial charge in [0, 0.05) is 37.9 Å². The minimum Gasteiger partial charge on any atom is -0.378 e. The van der Waals surface area contributed by atoms with Crippen molar-refractivity contribution in [2.24, 2.45) is 0 Å². The monoisotopic (exact) mass is 219 g/mol. The lowest BCUT2D eigenvalue weighted by atomic mass is 10.2. The van der Waals surface area contributed by atoms with Crippen LogP contribution in [-0.2, 0) is 0 Å². The first kappa shape index (κ1) is 9.98. The van der Waals surface area contributed by atoms with Crippen LogP contribution in [0.15, 0.2) is 36.7 Å². The lowest BCUT2D eigenvalue weighted by Gasteiger charge is -2.12. The molecule has 0 aliphatic carbocycles. The Balaban J connectivity index is 2.40. The largest absolute Gasteiger partial charge is 0.378 e. The predicted molar refractivity (Wildman–Crippen MR) is 65.3 cm³/mol. The van der Waals surface area contributed by atoms with Crippen molar-refractivity contribution in [3.05, 3.63) is 41.4 Å². The first-order valence-electron chi connectivity index (χ1n) is 4.72. The Labute approximate surface area is 94.0 Å². The minimum absolute atomic E-state index is 0.715. The molecule has 2 aromatic rings. The van der Waals surface area contributed by atoms with Crippen molar-refractivity contribution in [3.63, 3.8) is 0 Å². The van der Waals surface area contributed by atoms with Crippen molar-refractivity contribution in [3.8, 4) is 5.69 Å². The van der Waals surface area contributed by atoms with Crippen molar-refractivity contribution >= 4 is 17.9 Å². The number of imidazole rings is 1. The van der Waals surface area contributed by atoms with Gasteiger partial charge in [-0.25, -0.2) is 0 Å². The van der Waals surface area contributed by atoms with E-state index in [9.17, 15) is 0 Å². The van der Waals surface area contributed by atoms with Gasteiger partial charge in [0.1, 0.15) is 0 Å². The van der Waals surface area contributed by atoms with Crippen LogP contribution in [0.2, 0.25) is 0 Å². The molecule has 1 heterocycles. The van der Waals surface area contributed by atoms with Gasteiger partial charge < -0.3 is 9.88 Å². The normalized spacial score (nSPS) is 10.3. The molecule has 0 saturated carbocycles. The number of hydrogen-bond donors (Lipinski definition) is 1. The summed E-state index contributed by atoms with van der Waals surface area (Å²) in [5, 5.41) is 0. The van der Waals surface area contributed by atoms with E-state index in [1.54, 1.807) is 0 Å². The fourth-order valence-corrected chi connectivity index (χ4v) is 1.67. The van der Waals surface area contributed by atoms with Crippen LogP contribution in [0.3, 0.4) is 0 Å². The van der Waals surface area contributed by atoms with Crippen LogP contribution in [0.4, 0.5) is 5.69 Å². The fourth-order valence-electron chi connectivity index (χ4n) is 1.44. The maximum atomic E-state index is 5.15. The highest BCUT2D eigenvalue weighted by Gasteiger charge is 1.98. The Morgan fingerprint density at radius 2 is 1.87 bits per heavy atom. The van der Waals surface area contributed by atoms with Crippen LogP contribution >= 0.6 is 12.2 Å². The summed E-state index contributed by atoms with van der Waals surface area (Å²) < 4.78 is 2.65. The molecular formula is C11H13N3S. The summed E-state index contributed by atoms with van der Waals surface area (Å²) in [5.41, 5.74) is 2.26. The summed E-state index contributed by atoms with van der Waals surface area (Å²) >= 11 is 5.15. The lowest BCUT2D eigenvalue weighted by Crippen LogP contribution is -2.08. The van der Waals surface area contributed by atoms with Crippen LogP contribution in [0.5, 0.6) is 0 Å². The first-order valence-corrected chi connectivity index (χ1v) is 5.13. The molecule has 1 N–H and O–H groups in total. The quantitative estimate of drug-likeness (QED) is 0.785. The van der Waals surface area contributed by atoms with Crippen LogP contribution in [0, 0.1) is 4.77 Å². The third-order valence-electron chi connectivity index (χ3n) is 2.29. The van der Waals surface area contributed by atoms with Gasteiger partial charge >= 0.3 is 0 Å². The second kappa shape index (κ2) is 3.90. The Hall–Kier alpha value is -1.55. The van der Waals surface area contributed by atoms with Gasteiger partial charge in [0.25, 0.3) is 0 Å². The van der Waals surface area contributed by atoms with Gasteiger partial charge in [0.15, 0.2) is 4.77 Å². The van der Waals surface area contributed by atoms with Gasteiger partial charge in [-0.15, -0.1) is 0 Å². The number of aromatic nitrogens is 2. The molecule has 0 bridgehead atoms. The van der Waals surface area contributed by atoms with E-state index in [0.29, 0.717) is 4.77 Å². The number of hydrogen-bond acceptors (Lipinski definition) is 2. The number of rotatable bonds is 2. The molecule has 0 radical (unpaired) electrons. The molecule has 0 amide bonds. The average Bonchev–Trinajstić information content (AvgIpc) is 2.65. The minimum atomic E-state index is 0.715. The van der Waals surface area contributed by atoms with E-state index in [4.69, 9.17) is 12.2 Å². The smallest absolute Gasteiger partial charge is 0.181 e. The summed E-state index contributed by atoms with van der Waals surface area (Å²) in [6.07, 6.45) is 3.76. The van der Waals surface area contributed by atoms with Gasteiger partial charge in [-0.1, -0.05) is 0 Å². The molecule has 0 atom stereocenters. The van der Waals surface area contributed by atoms with Crippen LogP contribution in [0.25, 0.3) is 5.69 Å². The van der Waals surface area contributed by atoms with Crippen LogP contribution in [-0.4, -0.2) is 23.6 Å². The molecule has 0 aliphatic heterocycles. The van der Waals surface area contributed by atoms with E-state index in [2.05, 4.69) is 34.1 Å². The molecule has 78 valence electrons. The van der Waals surface area contributed by atoms with Crippen LogP contribution < -0.4 is 4.90 Å². The molecule has 0 aliphatic rings. The predicted octanol–water partition coefficient (Wildman–Crippen LogP) is 2.60. The number of anilines is 1. The molecule has 1 aromatic carbocycles.